The molecule has 1 aromatic carbocycles. The molecule has 0 saturated heterocycles. The van der Waals surface area contributed by atoms with Crippen molar-refractivity contribution in [2.24, 2.45) is 0 Å². The minimum atomic E-state index is -1.11. The van der Waals surface area contributed by atoms with Gasteiger partial charge in [0.25, 0.3) is 5.91 Å². The second-order valence-electron chi connectivity index (χ2n) is 7.53. The second kappa shape index (κ2) is 8.21. The van der Waals surface area contributed by atoms with Crippen molar-refractivity contribution in [1.82, 2.24) is 4.90 Å². The highest BCUT2D eigenvalue weighted by Crippen LogP contribution is 2.23. The van der Waals surface area contributed by atoms with Gasteiger partial charge >= 0.3 is 12.2 Å². The van der Waals surface area contributed by atoms with Crippen molar-refractivity contribution in [1.29, 1.82) is 0 Å². The lowest BCUT2D eigenvalue weighted by Gasteiger charge is -2.27. The van der Waals surface area contributed by atoms with E-state index < -0.39 is 29.3 Å². The normalized spacial score (nSPS) is 11.5. The molecular weight excluding hydrogens is 338 g/mol. The number of carbonyl (C=O) groups is 3. The molecule has 0 radical (unpaired) electrons. The number of nitrogens with zero attached hydrogens (tertiary/aromatic N) is 1. The molecule has 144 valence electrons. The summed E-state index contributed by atoms with van der Waals surface area (Å²) in [5, 5.41) is 0. The first-order valence-corrected chi connectivity index (χ1v) is 8.38. The standard InChI is InChI=1S/C19H27NO6/c1-8-24-14-12-10-9-11-13(14)15(21)20(16(22)25-18(2,3)4)17(23)26-19(5,6)7/h9-12H,8H2,1-7H3. The molecule has 7 nitrogen and oxygen atoms in total. The third kappa shape index (κ3) is 6.38. The van der Waals surface area contributed by atoms with E-state index in [1.165, 1.54) is 6.07 Å². The first-order valence-electron chi connectivity index (χ1n) is 8.38. The molecule has 0 aromatic heterocycles. The van der Waals surface area contributed by atoms with Gasteiger partial charge in [-0.05, 0) is 60.6 Å². The van der Waals surface area contributed by atoms with Crippen LogP contribution in [0.1, 0.15) is 58.8 Å². The van der Waals surface area contributed by atoms with Crippen molar-refractivity contribution >= 4 is 18.1 Å². The topological polar surface area (TPSA) is 82.1 Å². The minimum Gasteiger partial charge on any atom is -0.493 e. The molecule has 0 saturated carbocycles. The molecule has 1 aromatic rings. The third-order valence-corrected chi connectivity index (χ3v) is 2.77. The Morgan fingerprint density at radius 3 is 1.77 bits per heavy atom. The molecule has 0 heterocycles. The molecule has 0 bridgehead atoms. The molecule has 3 amide bonds. The first kappa shape index (κ1) is 21.5. The number of imide groups is 3. The van der Waals surface area contributed by atoms with E-state index >= 15 is 0 Å². The van der Waals surface area contributed by atoms with Gasteiger partial charge < -0.3 is 14.2 Å². The Labute approximate surface area is 154 Å². The minimum absolute atomic E-state index is 0.0612. The summed E-state index contributed by atoms with van der Waals surface area (Å²) >= 11 is 0. The number of benzene rings is 1. The van der Waals surface area contributed by atoms with E-state index in [1.54, 1.807) is 66.7 Å². The summed E-state index contributed by atoms with van der Waals surface area (Å²) in [6.07, 6.45) is -2.22. The van der Waals surface area contributed by atoms with E-state index in [-0.39, 0.29) is 11.3 Å². The van der Waals surface area contributed by atoms with Gasteiger partial charge in [0.15, 0.2) is 0 Å². The zero-order valence-corrected chi connectivity index (χ0v) is 16.4. The summed E-state index contributed by atoms with van der Waals surface area (Å²) in [5.74, 6) is -0.616. The van der Waals surface area contributed by atoms with Crippen LogP contribution in [0.2, 0.25) is 0 Å². The van der Waals surface area contributed by atoms with Crippen molar-refractivity contribution in [3.63, 3.8) is 0 Å². The van der Waals surface area contributed by atoms with Gasteiger partial charge in [-0.3, -0.25) is 4.79 Å². The van der Waals surface area contributed by atoms with Gasteiger partial charge in [-0.15, -0.1) is 4.90 Å². The summed E-state index contributed by atoms with van der Waals surface area (Å²) in [6, 6.07) is 6.35. The van der Waals surface area contributed by atoms with Crippen molar-refractivity contribution in [3.05, 3.63) is 29.8 Å². The van der Waals surface area contributed by atoms with Gasteiger partial charge in [0, 0.05) is 0 Å². The molecule has 0 spiro atoms. The van der Waals surface area contributed by atoms with Crippen molar-refractivity contribution in [2.75, 3.05) is 6.61 Å². The number of carbonyl (C=O) groups excluding carboxylic acids is 3. The predicted molar refractivity (Wildman–Crippen MR) is 96.2 cm³/mol. The van der Waals surface area contributed by atoms with Crippen LogP contribution >= 0.6 is 0 Å². The Morgan fingerprint density at radius 2 is 1.35 bits per heavy atom. The molecule has 0 unspecified atom stereocenters. The zero-order valence-electron chi connectivity index (χ0n) is 16.4. The van der Waals surface area contributed by atoms with Gasteiger partial charge in [0.05, 0.1) is 12.2 Å². The molecule has 0 aliphatic rings. The highest BCUT2D eigenvalue weighted by atomic mass is 16.6. The van der Waals surface area contributed by atoms with Gasteiger partial charge in [-0.2, -0.15) is 0 Å². The molecule has 0 atom stereocenters. The fraction of sp³-hybridized carbons (Fsp3) is 0.526. The first-order chi connectivity index (χ1) is 11.9. The molecular formula is C19H27NO6. The van der Waals surface area contributed by atoms with Crippen LogP contribution in [0.3, 0.4) is 0 Å². The van der Waals surface area contributed by atoms with Crippen molar-refractivity contribution in [2.45, 2.75) is 59.7 Å². The van der Waals surface area contributed by atoms with Gasteiger partial charge in [-0.25, -0.2) is 9.59 Å². The largest absolute Gasteiger partial charge is 0.493 e. The third-order valence-electron chi connectivity index (χ3n) is 2.77. The van der Waals surface area contributed by atoms with E-state index in [1.807, 2.05) is 0 Å². The monoisotopic (exact) mass is 365 g/mol. The summed E-state index contributed by atoms with van der Waals surface area (Å²) in [4.78, 5) is 38.3. The lowest BCUT2D eigenvalue weighted by atomic mass is 10.1. The van der Waals surface area contributed by atoms with Crippen LogP contribution in [0.25, 0.3) is 0 Å². The second-order valence-corrected chi connectivity index (χ2v) is 7.53. The van der Waals surface area contributed by atoms with E-state index in [0.29, 0.717) is 11.5 Å². The fourth-order valence-electron chi connectivity index (χ4n) is 1.90. The molecule has 7 heteroatoms. The molecule has 0 aliphatic carbocycles. The van der Waals surface area contributed by atoms with Gasteiger partial charge in [0.2, 0.25) is 0 Å². The number of amides is 3. The SMILES string of the molecule is CCOc1ccccc1C(=O)N(C(=O)OC(C)(C)C)C(=O)OC(C)(C)C. The Kier molecular flexibility index (Phi) is 6.78. The van der Waals surface area contributed by atoms with Crippen molar-refractivity contribution in [3.8, 4) is 5.75 Å². The van der Waals surface area contributed by atoms with E-state index in [4.69, 9.17) is 14.2 Å². The number of para-hydroxylation sites is 1. The maximum absolute atomic E-state index is 12.9. The molecule has 0 fully saturated rings. The van der Waals surface area contributed by atoms with Crippen LogP contribution in [0.5, 0.6) is 5.75 Å². The van der Waals surface area contributed by atoms with Gasteiger partial charge in [0.1, 0.15) is 17.0 Å². The average molecular weight is 365 g/mol. The maximum Gasteiger partial charge on any atom is 0.427 e. The number of hydrogen-bond acceptors (Lipinski definition) is 6. The Morgan fingerprint density at radius 1 is 0.885 bits per heavy atom. The summed E-state index contributed by atoms with van der Waals surface area (Å²) in [5.41, 5.74) is -1.72. The predicted octanol–water partition coefficient (Wildman–Crippen LogP) is 4.40. The molecule has 26 heavy (non-hydrogen) atoms. The quantitative estimate of drug-likeness (QED) is 0.790. The van der Waals surface area contributed by atoms with E-state index in [2.05, 4.69) is 0 Å². The van der Waals surface area contributed by atoms with Crippen LogP contribution in [0.15, 0.2) is 24.3 Å². The summed E-state index contributed by atoms with van der Waals surface area (Å²) < 4.78 is 15.8. The van der Waals surface area contributed by atoms with Crippen molar-refractivity contribution < 1.29 is 28.6 Å². The lowest BCUT2D eigenvalue weighted by Crippen LogP contribution is -2.47. The van der Waals surface area contributed by atoms with Gasteiger partial charge in [-0.1, -0.05) is 12.1 Å². The Hall–Kier alpha value is -2.57. The Balaban J connectivity index is 3.29. The van der Waals surface area contributed by atoms with Crippen LogP contribution in [0, 0.1) is 0 Å². The number of rotatable bonds is 3. The molecule has 0 aliphatic heterocycles. The summed E-state index contributed by atoms with van der Waals surface area (Å²) in [6.45, 7) is 11.9. The smallest absolute Gasteiger partial charge is 0.427 e. The molecule has 0 N–H and O–H groups in total. The molecule has 1 rings (SSSR count). The fourth-order valence-corrected chi connectivity index (χ4v) is 1.90. The van der Waals surface area contributed by atoms with Crippen LogP contribution in [-0.2, 0) is 9.47 Å². The number of ether oxygens (including phenoxy) is 3. The van der Waals surface area contributed by atoms with Crippen LogP contribution in [0.4, 0.5) is 9.59 Å². The van der Waals surface area contributed by atoms with E-state index in [9.17, 15) is 14.4 Å². The summed E-state index contributed by atoms with van der Waals surface area (Å²) in [7, 11) is 0. The highest BCUT2D eigenvalue weighted by molar-refractivity contribution is 6.14. The zero-order chi connectivity index (χ0) is 20.1. The van der Waals surface area contributed by atoms with E-state index in [0.717, 1.165) is 0 Å². The van der Waals surface area contributed by atoms with Crippen LogP contribution < -0.4 is 4.74 Å². The maximum atomic E-state index is 12.9. The Bertz CT molecular complexity index is 641. The highest BCUT2D eigenvalue weighted by Gasteiger charge is 2.37. The average Bonchev–Trinajstić information content (AvgIpc) is 2.44. The van der Waals surface area contributed by atoms with Crippen LogP contribution in [-0.4, -0.2) is 40.8 Å². The lowest BCUT2D eigenvalue weighted by molar-refractivity contribution is 0.00392. The number of hydrogen-bond donors (Lipinski definition) is 0.